The third-order valence-electron chi connectivity index (χ3n) is 5.36. The van der Waals surface area contributed by atoms with Crippen molar-refractivity contribution in [1.29, 1.82) is 0 Å². The van der Waals surface area contributed by atoms with Crippen LogP contribution < -0.4 is 4.72 Å². The first-order valence-corrected chi connectivity index (χ1v) is 9.85. The Kier molecular flexibility index (Phi) is 3.79. The van der Waals surface area contributed by atoms with E-state index in [4.69, 9.17) is 9.15 Å². The summed E-state index contributed by atoms with van der Waals surface area (Å²) in [6.07, 6.45) is 1.60. The molecule has 1 aromatic rings. The van der Waals surface area contributed by atoms with Crippen molar-refractivity contribution in [3.05, 3.63) is 23.7 Å². The van der Waals surface area contributed by atoms with Crippen LogP contribution in [0.5, 0.6) is 0 Å². The molecule has 23 heavy (non-hydrogen) atoms. The lowest BCUT2D eigenvalue weighted by Crippen LogP contribution is -2.43. The number of hydrogen-bond acceptors (Lipinski definition) is 5. The maximum atomic E-state index is 12.1. The molecule has 0 spiro atoms. The summed E-state index contributed by atoms with van der Waals surface area (Å²) < 4.78 is 38.5. The van der Waals surface area contributed by atoms with Crippen LogP contribution in [0, 0.1) is 18.3 Å². The molecule has 2 aliphatic heterocycles. The fourth-order valence-corrected chi connectivity index (χ4v) is 5.33. The van der Waals surface area contributed by atoms with Crippen molar-refractivity contribution in [2.75, 3.05) is 32.8 Å². The number of hydrogen-bond donors (Lipinski definition) is 1. The van der Waals surface area contributed by atoms with Crippen LogP contribution in [0.15, 0.2) is 16.5 Å². The topological polar surface area (TPSA) is 71.8 Å². The number of rotatable bonds is 6. The van der Waals surface area contributed by atoms with Crippen LogP contribution in [0.4, 0.5) is 0 Å². The predicted octanol–water partition coefficient (Wildman–Crippen LogP) is 1.12. The summed E-state index contributed by atoms with van der Waals surface area (Å²) in [7, 11) is -3.13. The second-order valence-corrected chi connectivity index (χ2v) is 9.37. The normalized spacial score (nSPS) is 31.6. The molecule has 0 aromatic carbocycles. The number of furan rings is 1. The van der Waals surface area contributed by atoms with Crippen LogP contribution in [0.2, 0.25) is 0 Å². The minimum atomic E-state index is -3.13. The predicted molar refractivity (Wildman–Crippen MR) is 85.4 cm³/mol. The molecule has 6 nitrogen and oxygen atoms in total. The van der Waals surface area contributed by atoms with E-state index in [9.17, 15) is 8.42 Å². The number of likely N-dealkylation sites (tertiary alicyclic amines) is 1. The lowest BCUT2D eigenvalue weighted by molar-refractivity contribution is 0.126. The number of aryl methyl sites for hydroxylation is 1. The van der Waals surface area contributed by atoms with Crippen LogP contribution in [0.25, 0.3) is 0 Å². The first kappa shape index (κ1) is 15.6. The molecule has 4 rings (SSSR count). The zero-order valence-corrected chi connectivity index (χ0v) is 14.3. The van der Waals surface area contributed by atoms with Crippen LogP contribution in [0.3, 0.4) is 0 Å². The highest BCUT2D eigenvalue weighted by Crippen LogP contribution is 2.42. The zero-order valence-electron chi connectivity index (χ0n) is 13.5. The Balaban J connectivity index is 1.42. The molecular formula is C16H24N2O4S. The van der Waals surface area contributed by atoms with E-state index in [-0.39, 0.29) is 10.7 Å². The van der Waals surface area contributed by atoms with Crippen molar-refractivity contribution < 1.29 is 17.6 Å². The molecular weight excluding hydrogens is 316 g/mol. The van der Waals surface area contributed by atoms with Gasteiger partial charge in [0.15, 0.2) is 0 Å². The van der Waals surface area contributed by atoms with Crippen molar-refractivity contribution in [2.45, 2.75) is 31.6 Å². The van der Waals surface area contributed by atoms with Crippen LogP contribution in [-0.4, -0.2) is 51.4 Å². The number of nitrogens with zero attached hydrogens (tertiary/aromatic N) is 1. The maximum absolute atomic E-state index is 12.1. The molecule has 3 heterocycles. The van der Waals surface area contributed by atoms with Crippen LogP contribution in [0.1, 0.15) is 24.4 Å². The Morgan fingerprint density at radius 2 is 2.22 bits per heavy atom. The molecule has 0 amide bonds. The SMILES string of the molecule is Cc1ccc(CN2C[C@H]3COC[C@@]3(CNS(=O)(=O)C3CC3)C2)o1. The van der Waals surface area contributed by atoms with Crippen LogP contribution >= 0.6 is 0 Å². The van der Waals surface area contributed by atoms with E-state index in [0.717, 1.165) is 50.6 Å². The molecule has 128 valence electrons. The Morgan fingerprint density at radius 3 is 2.91 bits per heavy atom. The van der Waals surface area contributed by atoms with Crippen molar-refractivity contribution >= 4 is 10.0 Å². The number of sulfonamides is 1. The fourth-order valence-electron chi connectivity index (χ4n) is 3.84. The number of fused-ring (bicyclic) bond motifs is 1. The lowest BCUT2D eigenvalue weighted by Gasteiger charge is -2.27. The second-order valence-electron chi connectivity index (χ2n) is 7.32. The van der Waals surface area contributed by atoms with Gasteiger partial charge in [-0.3, -0.25) is 4.90 Å². The largest absolute Gasteiger partial charge is 0.465 e. The van der Waals surface area contributed by atoms with Crippen molar-refractivity contribution in [1.82, 2.24) is 9.62 Å². The molecule has 1 saturated carbocycles. The molecule has 1 aromatic heterocycles. The first-order valence-electron chi connectivity index (χ1n) is 8.31. The third kappa shape index (κ3) is 3.07. The van der Waals surface area contributed by atoms with Crippen molar-refractivity contribution in [2.24, 2.45) is 11.3 Å². The Bertz CT molecular complexity index is 682. The van der Waals surface area contributed by atoms with E-state index in [1.54, 1.807) is 0 Å². The Morgan fingerprint density at radius 1 is 1.39 bits per heavy atom. The first-order chi connectivity index (χ1) is 11.0. The van der Waals surface area contributed by atoms with Gasteiger partial charge in [0, 0.05) is 31.0 Å². The molecule has 2 atom stereocenters. The summed E-state index contributed by atoms with van der Waals surface area (Å²) in [5, 5.41) is -0.164. The summed E-state index contributed by atoms with van der Waals surface area (Å²) in [6.45, 7) is 6.36. The third-order valence-corrected chi connectivity index (χ3v) is 7.25. The quantitative estimate of drug-likeness (QED) is 0.840. The van der Waals surface area contributed by atoms with Gasteiger partial charge in [0.05, 0.1) is 25.0 Å². The molecule has 0 unspecified atom stereocenters. The van der Waals surface area contributed by atoms with Gasteiger partial charge in [-0.25, -0.2) is 13.1 Å². The Hall–Kier alpha value is -0.890. The van der Waals surface area contributed by atoms with E-state index >= 15 is 0 Å². The van der Waals surface area contributed by atoms with Gasteiger partial charge in [-0.1, -0.05) is 0 Å². The smallest absolute Gasteiger partial charge is 0.214 e. The Labute approximate surface area is 137 Å². The van der Waals surface area contributed by atoms with Gasteiger partial charge in [0.1, 0.15) is 11.5 Å². The molecule has 7 heteroatoms. The fraction of sp³-hybridized carbons (Fsp3) is 0.750. The highest BCUT2D eigenvalue weighted by Gasteiger charge is 2.51. The van der Waals surface area contributed by atoms with Gasteiger partial charge in [-0.15, -0.1) is 0 Å². The molecule has 3 fully saturated rings. The summed E-state index contributed by atoms with van der Waals surface area (Å²) in [5.74, 6) is 2.28. The van der Waals surface area contributed by atoms with Gasteiger partial charge < -0.3 is 9.15 Å². The molecule has 1 aliphatic carbocycles. The minimum absolute atomic E-state index is 0.0937. The lowest BCUT2D eigenvalue weighted by atomic mass is 9.81. The standard InChI is InChI=1S/C16H24N2O4S/c1-12-2-3-14(22-12)7-18-6-13-8-21-11-16(13,10-18)9-17-23(19,20)15-4-5-15/h2-3,13,15,17H,4-11H2,1H3/t13-,16+/m0/s1. The second kappa shape index (κ2) is 5.58. The van der Waals surface area contributed by atoms with E-state index in [2.05, 4.69) is 9.62 Å². The van der Waals surface area contributed by atoms with Crippen LogP contribution in [-0.2, 0) is 21.3 Å². The minimum Gasteiger partial charge on any atom is -0.465 e. The molecule has 0 bridgehead atoms. The molecule has 2 saturated heterocycles. The van der Waals surface area contributed by atoms with Gasteiger partial charge in [-0.05, 0) is 31.9 Å². The molecule has 1 N–H and O–H groups in total. The monoisotopic (exact) mass is 340 g/mol. The van der Waals surface area contributed by atoms with E-state index < -0.39 is 10.0 Å². The van der Waals surface area contributed by atoms with Gasteiger partial charge in [0.25, 0.3) is 0 Å². The average molecular weight is 340 g/mol. The molecule has 0 radical (unpaired) electrons. The highest BCUT2D eigenvalue weighted by molar-refractivity contribution is 7.90. The summed E-state index contributed by atoms with van der Waals surface area (Å²) >= 11 is 0. The van der Waals surface area contributed by atoms with Crippen molar-refractivity contribution in [3.63, 3.8) is 0 Å². The summed E-state index contributed by atoms with van der Waals surface area (Å²) in [4.78, 5) is 2.36. The van der Waals surface area contributed by atoms with Gasteiger partial charge in [0.2, 0.25) is 10.0 Å². The molecule has 3 aliphatic rings. The highest BCUT2D eigenvalue weighted by atomic mass is 32.2. The summed E-state index contributed by atoms with van der Waals surface area (Å²) in [5.41, 5.74) is -0.0937. The van der Waals surface area contributed by atoms with Gasteiger partial charge >= 0.3 is 0 Å². The maximum Gasteiger partial charge on any atom is 0.214 e. The van der Waals surface area contributed by atoms with E-state index in [1.165, 1.54) is 0 Å². The van der Waals surface area contributed by atoms with Crippen molar-refractivity contribution in [3.8, 4) is 0 Å². The average Bonchev–Trinajstić information content (AvgIpc) is 3.07. The number of nitrogens with one attached hydrogen (secondary N) is 1. The zero-order chi connectivity index (χ0) is 16.1. The van der Waals surface area contributed by atoms with E-state index in [0.29, 0.717) is 19.1 Å². The number of ether oxygens (including phenoxy) is 1. The van der Waals surface area contributed by atoms with E-state index in [1.807, 2.05) is 19.1 Å². The summed E-state index contributed by atoms with van der Waals surface area (Å²) in [6, 6.07) is 4.00. The van der Waals surface area contributed by atoms with Gasteiger partial charge in [-0.2, -0.15) is 0 Å².